The fourth-order valence-corrected chi connectivity index (χ4v) is 2.55. The molecule has 1 aromatic rings. The van der Waals surface area contributed by atoms with Gasteiger partial charge in [-0.2, -0.15) is 13.2 Å². The SMILES string of the molecule is COc1ccc2c(c1)CCN(C(=O)C(F)(F)F)CC2C. The maximum absolute atomic E-state index is 12.5. The average Bonchev–Trinajstić information content (AvgIpc) is 2.56. The summed E-state index contributed by atoms with van der Waals surface area (Å²) in [6.45, 7) is 1.98. The number of carbonyl (C=O) groups is 1. The second-order valence-electron chi connectivity index (χ2n) is 4.96. The van der Waals surface area contributed by atoms with Crippen LogP contribution in [-0.4, -0.2) is 37.2 Å². The van der Waals surface area contributed by atoms with Crippen LogP contribution in [0.4, 0.5) is 13.2 Å². The largest absolute Gasteiger partial charge is 0.497 e. The lowest BCUT2D eigenvalue weighted by atomic mass is 9.95. The van der Waals surface area contributed by atoms with E-state index in [0.717, 1.165) is 16.0 Å². The molecule has 1 atom stereocenters. The van der Waals surface area contributed by atoms with Gasteiger partial charge in [0, 0.05) is 13.1 Å². The van der Waals surface area contributed by atoms with Crippen LogP contribution >= 0.6 is 0 Å². The van der Waals surface area contributed by atoms with Gasteiger partial charge in [-0.1, -0.05) is 13.0 Å². The number of ether oxygens (including phenoxy) is 1. The summed E-state index contributed by atoms with van der Waals surface area (Å²) in [5.74, 6) is -1.22. The molecule has 0 aliphatic carbocycles. The molecule has 1 aromatic carbocycles. The first kappa shape index (κ1) is 14.7. The molecular formula is C14H16F3NO2. The number of fused-ring (bicyclic) bond motifs is 1. The molecule has 1 aliphatic heterocycles. The van der Waals surface area contributed by atoms with Crippen LogP contribution in [0.2, 0.25) is 0 Å². The molecule has 1 heterocycles. The average molecular weight is 287 g/mol. The summed E-state index contributed by atoms with van der Waals surface area (Å²) in [6, 6.07) is 5.48. The van der Waals surface area contributed by atoms with Crippen LogP contribution in [0.15, 0.2) is 18.2 Å². The summed E-state index contributed by atoms with van der Waals surface area (Å²) in [6.07, 6.45) is -4.41. The first-order valence-electron chi connectivity index (χ1n) is 6.36. The van der Waals surface area contributed by atoms with Gasteiger partial charge in [0.1, 0.15) is 5.75 Å². The third-order valence-electron chi connectivity index (χ3n) is 3.56. The molecule has 0 saturated carbocycles. The quantitative estimate of drug-likeness (QED) is 0.795. The molecule has 0 spiro atoms. The molecule has 3 nitrogen and oxygen atoms in total. The molecule has 1 aliphatic rings. The van der Waals surface area contributed by atoms with Crippen LogP contribution < -0.4 is 4.74 Å². The van der Waals surface area contributed by atoms with Crippen molar-refractivity contribution in [1.29, 1.82) is 0 Å². The van der Waals surface area contributed by atoms with Crippen molar-refractivity contribution >= 4 is 5.91 Å². The number of rotatable bonds is 1. The monoisotopic (exact) mass is 287 g/mol. The molecule has 0 bridgehead atoms. The second-order valence-corrected chi connectivity index (χ2v) is 4.96. The predicted octanol–water partition coefficient (Wildman–Crippen LogP) is 2.75. The molecule has 2 rings (SSSR count). The van der Waals surface area contributed by atoms with Crippen molar-refractivity contribution in [3.63, 3.8) is 0 Å². The number of benzene rings is 1. The van der Waals surface area contributed by atoms with Gasteiger partial charge >= 0.3 is 12.1 Å². The van der Waals surface area contributed by atoms with Gasteiger partial charge in [0.2, 0.25) is 0 Å². The van der Waals surface area contributed by atoms with E-state index >= 15 is 0 Å². The van der Waals surface area contributed by atoms with Crippen molar-refractivity contribution < 1.29 is 22.7 Å². The molecule has 6 heteroatoms. The third kappa shape index (κ3) is 2.89. The molecule has 0 N–H and O–H groups in total. The van der Waals surface area contributed by atoms with Crippen molar-refractivity contribution in [2.24, 2.45) is 0 Å². The standard InChI is InChI=1S/C14H16F3NO2/c1-9-8-18(13(19)14(15,16)17)6-5-10-7-11(20-2)3-4-12(9)10/h3-4,7,9H,5-6,8H2,1-2H3. The Morgan fingerprint density at radius 2 is 2.10 bits per heavy atom. The van der Waals surface area contributed by atoms with E-state index < -0.39 is 12.1 Å². The number of carbonyl (C=O) groups excluding carboxylic acids is 1. The Kier molecular flexibility index (Phi) is 3.92. The van der Waals surface area contributed by atoms with Crippen molar-refractivity contribution in [2.45, 2.75) is 25.4 Å². The Balaban J connectivity index is 2.25. The summed E-state index contributed by atoms with van der Waals surface area (Å²) in [7, 11) is 1.54. The molecule has 20 heavy (non-hydrogen) atoms. The van der Waals surface area contributed by atoms with Crippen LogP contribution in [0.5, 0.6) is 5.75 Å². The number of methoxy groups -OCH3 is 1. The molecule has 0 saturated heterocycles. The molecule has 0 radical (unpaired) electrons. The molecule has 110 valence electrons. The van der Waals surface area contributed by atoms with Gasteiger partial charge in [0.25, 0.3) is 0 Å². The van der Waals surface area contributed by atoms with E-state index in [1.54, 1.807) is 13.2 Å². The Morgan fingerprint density at radius 1 is 1.40 bits per heavy atom. The highest BCUT2D eigenvalue weighted by atomic mass is 19.4. The minimum absolute atomic E-state index is 0.0723. The summed E-state index contributed by atoms with van der Waals surface area (Å²) in [5, 5.41) is 0. The molecular weight excluding hydrogens is 271 g/mol. The van der Waals surface area contributed by atoms with E-state index in [1.165, 1.54) is 0 Å². The minimum atomic E-state index is -4.81. The Labute approximate surface area is 115 Å². The van der Waals surface area contributed by atoms with E-state index in [2.05, 4.69) is 0 Å². The Bertz CT molecular complexity index is 514. The summed E-state index contributed by atoms with van der Waals surface area (Å²) in [4.78, 5) is 12.3. The predicted molar refractivity (Wildman–Crippen MR) is 67.7 cm³/mol. The zero-order valence-corrected chi connectivity index (χ0v) is 11.3. The van der Waals surface area contributed by atoms with Gasteiger partial charge in [-0.15, -0.1) is 0 Å². The van der Waals surface area contributed by atoms with Crippen molar-refractivity contribution in [2.75, 3.05) is 20.2 Å². The molecule has 0 aromatic heterocycles. The number of hydrogen-bond donors (Lipinski definition) is 0. The van der Waals surface area contributed by atoms with Crippen LogP contribution in [0.25, 0.3) is 0 Å². The molecule has 1 unspecified atom stereocenters. The first-order valence-corrected chi connectivity index (χ1v) is 6.36. The van der Waals surface area contributed by atoms with Crippen LogP contribution in [0.1, 0.15) is 24.0 Å². The maximum Gasteiger partial charge on any atom is 0.471 e. The fourth-order valence-electron chi connectivity index (χ4n) is 2.55. The number of hydrogen-bond acceptors (Lipinski definition) is 2. The van der Waals surface area contributed by atoms with Crippen molar-refractivity contribution in [3.8, 4) is 5.75 Å². The lowest BCUT2D eigenvalue weighted by Gasteiger charge is -2.23. The summed E-state index contributed by atoms with van der Waals surface area (Å²) < 4.78 is 42.7. The zero-order chi connectivity index (χ0) is 14.9. The Hall–Kier alpha value is -1.72. The van der Waals surface area contributed by atoms with Crippen molar-refractivity contribution in [1.82, 2.24) is 4.90 Å². The topological polar surface area (TPSA) is 29.5 Å². The second kappa shape index (κ2) is 5.34. The third-order valence-corrected chi connectivity index (χ3v) is 3.56. The van der Waals surface area contributed by atoms with Gasteiger partial charge in [-0.25, -0.2) is 0 Å². The van der Waals surface area contributed by atoms with Gasteiger partial charge in [0.15, 0.2) is 0 Å². The smallest absolute Gasteiger partial charge is 0.471 e. The van der Waals surface area contributed by atoms with Crippen molar-refractivity contribution in [3.05, 3.63) is 29.3 Å². The fraction of sp³-hybridized carbons (Fsp3) is 0.500. The van der Waals surface area contributed by atoms with Gasteiger partial charge in [0.05, 0.1) is 7.11 Å². The van der Waals surface area contributed by atoms with Gasteiger partial charge in [-0.3, -0.25) is 4.79 Å². The van der Waals surface area contributed by atoms with E-state index in [4.69, 9.17) is 4.74 Å². The van der Waals surface area contributed by atoms with E-state index in [1.807, 2.05) is 19.1 Å². The zero-order valence-electron chi connectivity index (χ0n) is 11.3. The number of amides is 1. The Morgan fingerprint density at radius 3 is 2.70 bits per heavy atom. The minimum Gasteiger partial charge on any atom is -0.497 e. The first-order chi connectivity index (χ1) is 9.32. The van der Waals surface area contributed by atoms with Crippen LogP contribution in [-0.2, 0) is 11.2 Å². The number of halogens is 3. The highest BCUT2D eigenvalue weighted by Crippen LogP contribution is 2.30. The van der Waals surface area contributed by atoms with Crippen LogP contribution in [0.3, 0.4) is 0 Å². The molecule has 1 amide bonds. The number of nitrogens with zero attached hydrogens (tertiary/aromatic N) is 1. The number of alkyl halides is 3. The van der Waals surface area contributed by atoms with Gasteiger partial charge < -0.3 is 9.64 Å². The lowest BCUT2D eigenvalue weighted by Crippen LogP contribution is -2.42. The summed E-state index contributed by atoms with van der Waals surface area (Å²) in [5.41, 5.74) is 1.91. The maximum atomic E-state index is 12.5. The van der Waals surface area contributed by atoms with Crippen LogP contribution in [0, 0.1) is 0 Å². The summed E-state index contributed by atoms with van der Waals surface area (Å²) >= 11 is 0. The van der Waals surface area contributed by atoms with E-state index in [-0.39, 0.29) is 19.0 Å². The van der Waals surface area contributed by atoms with Gasteiger partial charge in [-0.05, 0) is 35.6 Å². The van der Waals surface area contributed by atoms with E-state index in [9.17, 15) is 18.0 Å². The van der Waals surface area contributed by atoms with E-state index in [0.29, 0.717) is 12.2 Å². The highest BCUT2D eigenvalue weighted by Gasteiger charge is 2.43. The normalized spacial score (nSPS) is 19.2. The lowest BCUT2D eigenvalue weighted by molar-refractivity contribution is -0.185. The highest BCUT2D eigenvalue weighted by molar-refractivity contribution is 5.82. The molecule has 0 fully saturated rings.